The van der Waals surface area contributed by atoms with E-state index in [1.54, 1.807) is 49.6 Å². The van der Waals surface area contributed by atoms with Crippen molar-refractivity contribution in [2.24, 2.45) is 13.0 Å². The van der Waals surface area contributed by atoms with Crippen molar-refractivity contribution >= 4 is 22.4 Å². The molecule has 2 heterocycles. The minimum atomic E-state index is -1.14. The third-order valence-electron chi connectivity index (χ3n) is 4.39. The zero-order chi connectivity index (χ0) is 19.9. The van der Waals surface area contributed by atoms with Gasteiger partial charge in [-0.15, -0.1) is 0 Å². The molecule has 2 aromatic heterocycles. The van der Waals surface area contributed by atoms with Gasteiger partial charge in [0.1, 0.15) is 11.5 Å². The molecule has 0 radical (unpaired) electrons. The van der Waals surface area contributed by atoms with Crippen LogP contribution >= 0.6 is 0 Å². The molecule has 3 rings (SSSR count). The second kappa shape index (κ2) is 6.84. The molecular formula is C19H26FN5O2. The fourth-order valence-electron chi connectivity index (χ4n) is 3.06. The lowest BCUT2D eigenvalue weighted by molar-refractivity contribution is 0.0784. The fourth-order valence-corrected chi connectivity index (χ4v) is 3.06. The van der Waals surface area contributed by atoms with Crippen LogP contribution in [0.5, 0.6) is 5.88 Å². The number of fused-ring (bicyclic) bond motifs is 1. The van der Waals surface area contributed by atoms with Gasteiger partial charge in [-0.05, 0) is 37.5 Å². The third kappa shape index (κ3) is 3.62. The normalized spacial score (nSPS) is 12.2. The molecule has 3 aromatic rings. The molecule has 146 valence electrons. The molecule has 8 heteroatoms. The van der Waals surface area contributed by atoms with E-state index in [9.17, 15) is 9.50 Å². The van der Waals surface area contributed by atoms with Crippen LogP contribution in [-0.2, 0) is 19.2 Å². The molecule has 27 heavy (non-hydrogen) atoms. The summed E-state index contributed by atoms with van der Waals surface area (Å²) >= 11 is 0. The van der Waals surface area contributed by atoms with E-state index in [0.29, 0.717) is 46.3 Å². The summed E-state index contributed by atoms with van der Waals surface area (Å²) < 4.78 is 23.7. The molecule has 0 aliphatic carbocycles. The first kappa shape index (κ1) is 19.2. The van der Waals surface area contributed by atoms with E-state index in [1.165, 1.54) is 6.07 Å². The predicted molar refractivity (Wildman–Crippen MR) is 103 cm³/mol. The number of hydrogen-bond acceptors (Lipinski definition) is 5. The molecule has 0 amide bonds. The number of hydrogen-bond donors (Lipinski definition) is 2. The number of aliphatic hydroxyl groups is 1. The fraction of sp³-hybridized carbons (Fsp3) is 0.474. The van der Waals surface area contributed by atoms with E-state index in [0.717, 1.165) is 0 Å². The molecule has 0 aliphatic rings. The Balaban J connectivity index is 2.05. The summed E-state index contributed by atoms with van der Waals surface area (Å²) in [5.74, 6) is 0.888. The zero-order valence-corrected chi connectivity index (χ0v) is 16.5. The highest BCUT2D eigenvalue weighted by atomic mass is 19.1. The Morgan fingerprint density at radius 3 is 2.63 bits per heavy atom. The SMILES string of the molecule is COc1c(Nc2nn(C)c3cc(C(C)(C)O)cc(F)c23)cnn1CC(C)C. The lowest BCUT2D eigenvalue weighted by atomic mass is 9.97. The van der Waals surface area contributed by atoms with Crippen molar-refractivity contribution in [2.75, 3.05) is 12.4 Å². The monoisotopic (exact) mass is 375 g/mol. The van der Waals surface area contributed by atoms with Gasteiger partial charge in [-0.3, -0.25) is 4.68 Å². The summed E-state index contributed by atoms with van der Waals surface area (Å²) in [5.41, 5.74) is 0.547. The maximum Gasteiger partial charge on any atom is 0.236 e. The van der Waals surface area contributed by atoms with Crippen LogP contribution in [0.3, 0.4) is 0 Å². The maximum atomic E-state index is 14.9. The Morgan fingerprint density at radius 2 is 2.04 bits per heavy atom. The summed E-state index contributed by atoms with van der Waals surface area (Å²) in [6, 6.07) is 3.09. The highest BCUT2D eigenvalue weighted by molar-refractivity contribution is 5.93. The molecule has 7 nitrogen and oxygen atoms in total. The lowest BCUT2D eigenvalue weighted by Crippen LogP contribution is -2.15. The number of aryl methyl sites for hydroxylation is 1. The van der Waals surface area contributed by atoms with Crippen LogP contribution in [0.4, 0.5) is 15.9 Å². The van der Waals surface area contributed by atoms with Crippen LogP contribution in [0.25, 0.3) is 10.9 Å². The first-order valence-corrected chi connectivity index (χ1v) is 8.87. The van der Waals surface area contributed by atoms with Gasteiger partial charge >= 0.3 is 0 Å². The molecule has 0 saturated carbocycles. The van der Waals surface area contributed by atoms with Crippen LogP contribution in [0.15, 0.2) is 18.3 Å². The Kier molecular flexibility index (Phi) is 4.86. The topological polar surface area (TPSA) is 77.1 Å². The van der Waals surface area contributed by atoms with Crippen molar-refractivity contribution < 1.29 is 14.2 Å². The van der Waals surface area contributed by atoms with E-state index < -0.39 is 11.4 Å². The molecule has 0 bridgehead atoms. The van der Waals surface area contributed by atoms with Crippen LogP contribution in [0.1, 0.15) is 33.3 Å². The second-order valence-corrected chi connectivity index (χ2v) is 7.65. The van der Waals surface area contributed by atoms with Crippen molar-refractivity contribution in [3.05, 3.63) is 29.7 Å². The van der Waals surface area contributed by atoms with Gasteiger partial charge < -0.3 is 15.2 Å². The van der Waals surface area contributed by atoms with E-state index in [1.807, 2.05) is 0 Å². The second-order valence-electron chi connectivity index (χ2n) is 7.65. The first-order valence-electron chi connectivity index (χ1n) is 8.87. The van der Waals surface area contributed by atoms with E-state index in [2.05, 4.69) is 29.4 Å². The smallest absolute Gasteiger partial charge is 0.236 e. The molecule has 0 atom stereocenters. The van der Waals surface area contributed by atoms with Gasteiger partial charge in [-0.2, -0.15) is 10.2 Å². The standard InChI is InChI=1S/C19H26FN5O2/c1-11(2)10-25-18(27-6)14(9-21-25)22-17-16-13(20)7-12(19(3,4)26)8-15(16)24(5)23-17/h7-9,11,26H,10H2,1-6H3,(H,22,23). The number of benzene rings is 1. The molecular weight excluding hydrogens is 349 g/mol. The maximum absolute atomic E-state index is 14.9. The Morgan fingerprint density at radius 1 is 1.33 bits per heavy atom. The van der Waals surface area contributed by atoms with Crippen LogP contribution in [-0.4, -0.2) is 31.8 Å². The third-order valence-corrected chi connectivity index (χ3v) is 4.39. The summed E-state index contributed by atoms with van der Waals surface area (Å²) in [7, 11) is 3.31. The van der Waals surface area contributed by atoms with Crippen LogP contribution < -0.4 is 10.1 Å². The van der Waals surface area contributed by atoms with Crippen molar-refractivity contribution in [3.8, 4) is 5.88 Å². The number of nitrogens with zero attached hydrogens (tertiary/aromatic N) is 4. The number of ether oxygens (including phenoxy) is 1. The van der Waals surface area contributed by atoms with Crippen molar-refractivity contribution in [3.63, 3.8) is 0 Å². The highest BCUT2D eigenvalue weighted by Crippen LogP contribution is 2.34. The summed E-state index contributed by atoms with van der Waals surface area (Å²) in [6.45, 7) is 8.14. The molecule has 2 N–H and O–H groups in total. The molecule has 1 aromatic carbocycles. The quantitative estimate of drug-likeness (QED) is 0.689. The number of anilines is 2. The number of methoxy groups -OCH3 is 1. The van der Waals surface area contributed by atoms with E-state index >= 15 is 0 Å². The zero-order valence-electron chi connectivity index (χ0n) is 16.5. The summed E-state index contributed by atoms with van der Waals surface area (Å²) in [4.78, 5) is 0. The number of nitrogens with one attached hydrogen (secondary N) is 1. The molecule has 0 spiro atoms. The Labute approximate surface area is 157 Å². The summed E-state index contributed by atoms with van der Waals surface area (Å²) in [6.07, 6.45) is 1.64. The van der Waals surface area contributed by atoms with E-state index in [-0.39, 0.29) is 0 Å². The number of rotatable bonds is 6. The average molecular weight is 375 g/mol. The van der Waals surface area contributed by atoms with Gasteiger partial charge in [-0.25, -0.2) is 9.07 Å². The minimum absolute atomic E-state index is 0.351. The Bertz CT molecular complexity index is 969. The molecule has 0 unspecified atom stereocenters. The van der Waals surface area contributed by atoms with Crippen molar-refractivity contribution in [1.82, 2.24) is 19.6 Å². The molecule has 0 fully saturated rings. The van der Waals surface area contributed by atoms with Crippen LogP contribution in [0, 0.1) is 11.7 Å². The molecule has 0 saturated heterocycles. The number of halogens is 1. The largest absolute Gasteiger partial charge is 0.480 e. The predicted octanol–water partition coefficient (Wildman–Crippen LogP) is 3.54. The van der Waals surface area contributed by atoms with Gasteiger partial charge in [0.15, 0.2) is 5.82 Å². The number of aromatic nitrogens is 4. The lowest BCUT2D eigenvalue weighted by Gasteiger charge is -2.18. The highest BCUT2D eigenvalue weighted by Gasteiger charge is 2.23. The molecule has 0 aliphatic heterocycles. The minimum Gasteiger partial charge on any atom is -0.480 e. The van der Waals surface area contributed by atoms with Crippen molar-refractivity contribution in [2.45, 2.75) is 39.8 Å². The van der Waals surface area contributed by atoms with Gasteiger partial charge in [0.2, 0.25) is 5.88 Å². The van der Waals surface area contributed by atoms with Crippen molar-refractivity contribution in [1.29, 1.82) is 0 Å². The van der Waals surface area contributed by atoms with Gasteiger partial charge in [0.25, 0.3) is 0 Å². The van der Waals surface area contributed by atoms with Crippen LogP contribution in [0.2, 0.25) is 0 Å². The van der Waals surface area contributed by atoms with Gasteiger partial charge in [0.05, 0.1) is 29.8 Å². The first-order chi connectivity index (χ1) is 12.6. The van der Waals surface area contributed by atoms with E-state index in [4.69, 9.17) is 4.74 Å². The summed E-state index contributed by atoms with van der Waals surface area (Å²) in [5, 5.41) is 22.5. The van der Waals surface area contributed by atoms with Gasteiger partial charge in [0, 0.05) is 13.6 Å². The van der Waals surface area contributed by atoms with Gasteiger partial charge in [-0.1, -0.05) is 13.8 Å². The Hall–Kier alpha value is -2.61. The average Bonchev–Trinajstić information content (AvgIpc) is 3.07.